The fourth-order valence-electron chi connectivity index (χ4n) is 2.30. The smallest absolute Gasteiger partial charge is 0.230 e. The van der Waals surface area contributed by atoms with Crippen LogP contribution in [-0.2, 0) is 13.0 Å². The number of rotatable bonds is 1. The molecule has 1 aliphatic heterocycles. The zero-order chi connectivity index (χ0) is 12.5. The number of fused-ring (bicyclic) bond motifs is 1. The minimum absolute atomic E-state index is 0.288. The molecule has 0 radical (unpaired) electrons. The molecule has 1 aliphatic rings. The largest absolute Gasteiger partial charge is 0.368 e. The molecule has 0 unspecified atom stereocenters. The van der Waals surface area contributed by atoms with Gasteiger partial charge in [0.1, 0.15) is 5.82 Å². The third kappa shape index (κ3) is 1.99. The second kappa shape index (κ2) is 4.25. The molecule has 2 aromatic rings. The first-order valence-corrected chi connectivity index (χ1v) is 6.02. The summed E-state index contributed by atoms with van der Waals surface area (Å²) in [6, 6.07) is 8.48. The van der Waals surface area contributed by atoms with Gasteiger partial charge in [0.2, 0.25) is 11.9 Å². The van der Waals surface area contributed by atoms with Crippen LogP contribution in [0.25, 0.3) is 0 Å². The number of anilines is 2. The topological polar surface area (TPSA) is 67.9 Å². The maximum atomic E-state index is 5.67. The molecule has 0 aliphatic carbocycles. The number of aryl methyl sites for hydroxylation is 1. The molecule has 3 rings (SSSR count). The summed E-state index contributed by atoms with van der Waals surface area (Å²) in [7, 11) is 0. The minimum atomic E-state index is 0.288. The highest BCUT2D eigenvalue weighted by molar-refractivity contribution is 5.41. The maximum Gasteiger partial charge on any atom is 0.230 e. The third-order valence-electron chi connectivity index (χ3n) is 3.17. The summed E-state index contributed by atoms with van der Waals surface area (Å²) in [4.78, 5) is 14.7. The van der Waals surface area contributed by atoms with E-state index in [0.717, 1.165) is 19.5 Å². The highest BCUT2D eigenvalue weighted by Gasteiger charge is 2.18. The summed E-state index contributed by atoms with van der Waals surface area (Å²) in [6.07, 6.45) is 1.01. The van der Waals surface area contributed by atoms with Crippen molar-refractivity contribution >= 4 is 11.9 Å². The van der Waals surface area contributed by atoms with Crippen molar-refractivity contribution in [3.05, 3.63) is 41.2 Å². The zero-order valence-electron chi connectivity index (χ0n) is 10.3. The van der Waals surface area contributed by atoms with Gasteiger partial charge in [0.25, 0.3) is 0 Å². The van der Waals surface area contributed by atoms with Crippen LogP contribution in [0.1, 0.15) is 17.0 Å². The summed E-state index contributed by atoms with van der Waals surface area (Å²) in [5.74, 6) is 1.63. The van der Waals surface area contributed by atoms with Crippen molar-refractivity contribution in [1.29, 1.82) is 0 Å². The summed E-state index contributed by atoms with van der Waals surface area (Å²) >= 11 is 0. The van der Waals surface area contributed by atoms with E-state index in [1.807, 2.05) is 6.92 Å². The van der Waals surface area contributed by atoms with Gasteiger partial charge in [-0.3, -0.25) is 0 Å². The van der Waals surface area contributed by atoms with Gasteiger partial charge in [-0.1, -0.05) is 24.3 Å². The van der Waals surface area contributed by atoms with E-state index in [-0.39, 0.29) is 5.95 Å². The van der Waals surface area contributed by atoms with E-state index in [9.17, 15) is 0 Å². The van der Waals surface area contributed by atoms with Crippen LogP contribution in [0.2, 0.25) is 0 Å². The van der Waals surface area contributed by atoms with Crippen molar-refractivity contribution < 1.29 is 0 Å². The normalized spacial score (nSPS) is 14.4. The highest BCUT2D eigenvalue weighted by atomic mass is 15.3. The van der Waals surface area contributed by atoms with Crippen LogP contribution < -0.4 is 10.6 Å². The molecule has 0 atom stereocenters. The zero-order valence-corrected chi connectivity index (χ0v) is 10.3. The highest BCUT2D eigenvalue weighted by Crippen LogP contribution is 2.21. The predicted octanol–water partition coefficient (Wildman–Crippen LogP) is 1.32. The van der Waals surface area contributed by atoms with Gasteiger partial charge in [0.15, 0.2) is 0 Å². The molecule has 0 spiro atoms. The first-order chi connectivity index (χ1) is 8.72. The Labute approximate surface area is 106 Å². The number of aromatic nitrogens is 3. The molecule has 0 fully saturated rings. The van der Waals surface area contributed by atoms with Crippen molar-refractivity contribution in [2.75, 3.05) is 17.2 Å². The maximum absolute atomic E-state index is 5.67. The molecular weight excluding hydrogens is 226 g/mol. The van der Waals surface area contributed by atoms with Crippen molar-refractivity contribution in [2.45, 2.75) is 19.9 Å². The number of benzene rings is 1. The van der Waals surface area contributed by atoms with Crippen LogP contribution in [0.4, 0.5) is 11.9 Å². The van der Waals surface area contributed by atoms with Gasteiger partial charge >= 0.3 is 0 Å². The van der Waals surface area contributed by atoms with Crippen LogP contribution in [0.3, 0.4) is 0 Å². The van der Waals surface area contributed by atoms with Gasteiger partial charge in [-0.2, -0.15) is 15.0 Å². The fourth-order valence-corrected chi connectivity index (χ4v) is 2.30. The average Bonchev–Trinajstić information content (AvgIpc) is 2.37. The molecule has 5 nitrogen and oxygen atoms in total. The number of hydrogen-bond acceptors (Lipinski definition) is 5. The lowest BCUT2D eigenvalue weighted by atomic mass is 10.0. The van der Waals surface area contributed by atoms with E-state index < -0.39 is 0 Å². The van der Waals surface area contributed by atoms with E-state index in [0.29, 0.717) is 11.8 Å². The Bertz CT molecular complexity index is 561. The monoisotopic (exact) mass is 241 g/mol. The van der Waals surface area contributed by atoms with Gasteiger partial charge in [-0.25, -0.2) is 0 Å². The third-order valence-corrected chi connectivity index (χ3v) is 3.17. The van der Waals surface area contributed by atoms with Crippen molar-refractivity contribution in [2.24, 2.45) is 0 Å². The van der Waals surface area contributed by atoms with Crippen molar-refractivity contribution in [3.63, 3.8) is 0 Å². The van der Waals surface area contributed by atoms with Gasteiger partial charge in [-0.15, -0.1) is 0 Å². The Morgan fingerprint density at radius 1 is 1.11 bits per heavy atom. The fraction of sp³-hybridized carbons (Fsp3) is 0.308. The molecule has 2 N–H and O–H groups in total. The molecule has 0 saturated carbocycles. The molecule has 1 aromatic heterocycles. The van der Waals surface area contributed by atoms with Gasteiger partial charge in [0.05, 0.1) is 0 Å². The summed E-state index contributed by atoms with van der Waals surface area (Å²) in [5, 5.41) is 0. The molecule has 0 amide bonds. The lowest BCUT2D eigenvalue weighted by molar-refractivity contribution is 0.702. The average molecular weight is 241 g/mol. The second-order valence-corrected chi connectivity index (χ2v) is 4.48. The quantitative estimate of drug-likeness (QED) is 0.815. The molecular formula is C13H15N5. The Balaban J connectivity index is 1.91. The molecule has 2 heterocycles. The lowest BCUT2D eigenvalue weighted by Gasteiger charge is -2.28. The second-order valence-electron chi connectivity index (χ2n) is 4.48. The summed E-state index contributed by atoms with van der Waals surface area (Å²) in [6.45, 7) is 3.58. The molecule has 18 heavy (non-hydrogen) atoms. The molecule has 92 valence electrons. The SMILES string of the molecule is Cc1nc(N)nc(N2CCc3ccccc3C2)n1. The van der Waals surface area contributed by atoms with Crippen LogP contribution in [0.15, 0.2) is 24.3 Å². The molecule has 1 aromatic carbocycles. The van der Waals surface area contributed by atoms with E-state index in [2.05, 4.69) is 44.1 Å². The Hall–Kier alpha value is -2.17. The first kappa shape index (κ1) is 11.0. The van der Waals surface area contributed by atoms with Gasteiger partial charge in [-0.05, 0) is 24.5 Å². The molecule has 0 saturated heterocycles. The van der Waals surface area contributed by atoms with Crippen LogP contribution in [-0.4, -0.2) is 21.5 Å². The predicted molar refractivity (Wildman–Crippen MR) is 70.2 cm³/mol. The Kier molecular flexibility index (Phi) is 2.59. The van der Waals surface area contributed by atoms with E-state index in [1.54, 1.807) is 0 Å². The standard InChI is InChI=1S/C13H15N5/c1-9-15-12(14)17-13(16-9)18-7-6-10-4-2-3-5-11(10)8-18/h2-5H,6-8H2,1H3,(H2,14,15,16,17). The van der Waals surface area contributed by atoms with Crippen molar-refractivity contribution in [3.8, 4) is 0 Å². The Morgan fingerprint density at radius 2 is 1.89 bits per heavy atom. The molecule has 0 bridgehead atoms. The van der Waals surface area contributed by atoms with Gasteiger partial charge < -0.3 is 10.6 Å². The van der Waals surface area contributed by atoms with Gasteiger partial charge in [0, 0.05) is 13.1 Å². The van der Waals surface area contributed by atoms with Crippen molar-refractivity contribution in [1.82, 2.24) is 15.0 Å². The number of hydrogen-bond donors (Lipinski definition) is 1. The molecule has 5 heteroatoms. The number of nitrogens with zero attached hydrogens (tertiary/aromatic N) is 4. The van der Waals surface area contributed by atoms with Crippen LogP contribution in [0, 0.1) is 6.92 Å². The van der Waals surface area contributed by atoms with E-state index in [4.69, 9.17) is 5.73 Å². The lowest BCUT2D eigenvalue weighted by Crippen LogP contribution is -2.32. The van der Waals surface area contributed by atoms with E-state index in [1.165, 1.54) is 11.1 Å². The first-order valence-electron chi connectivity index (χ1n) is 6.02. The number of nitrogen functional groups attached to an aromatic ring is 1. The van der Waals surface area contributed by atoms with Crippen LogP contribution in [0.5, 0.6) is 0 Å². The van der Waals surface area contributed by atoms with Crippen LogP contribution >= 0.6 is 0 Å². The minimum Gasteiger partial charge on any atom is -0.368 e. The Morgan fingerprint density at radius 3 is 2.67 bits per heavy atom. The summed E-state index contributed by atoms with van der Waals surface area (Å²) < 4.78 is 0. The van der Waals surface area contributed by atoms with E-state index >= 15 is 0 Å². The summed E-state index contributed by atoms with van der Waals surface area (Å²) in [5.41, 5.74) is 8.42. The number of nitrogens with two attached hydrogens (primary N) is 1.